The third-order valence-corrected chi connectivity index (χ3v) is 7.46. The van der Waals surface area contributed by atoms with Crippen LogP contribution in [0.4, 0.5) is 5.69 Å². The Morgan fingerprint density at radius 2 is 1.29 bits per heavy atom. The van der Waals surface area contributed by atoms with Gasteiger partial charge in [-0.05, 0) is 91.2 Å². The van der Waals surface area contributed by atoms with Crippen molar-refractivity contribution in [3.63, 3.8) is 0 Å². The standard InChI is InChI=1S/C38H39NO6/c1-5-41-34-22-12-27(24-36(34)42-6-2)25-43-32-19-15-30(16-20-32)39-37(40)35-23-21-33(45-35)26-44-31-17-13-29(14-18-31)38(3,4)28-10-8-7-9-11-28/h7-24H,5-6,25-26H2,1-4H3,(H,39,40). The number of benzene rings is 4. The summed E-state index contributed by atoms with van der Waals surface area (Å²) in [6, 6.07) is 34.9. The molecule has 5 rings (SSSR count). The minimum Gasteiger partial charge on any atom is -0.490 e. The van der Waals surface area contributed by atoms with Crippen LogP contribution in [-0.4, -0.2) is 19.1 Å². The van der Waals surface area contributed by atoms with Gasteiger partial charge in [0.1, 0.15) is 30.5 Å². The molecular formula is C38H39NO6. The first-order valence-corrected chi connectivity index (χ1v) is 15.2. The van der Waals surface area contributed by atoms with Crippen molar-refractivity contribution in [2.24, 2.45) is 0 Å². The van der Waals surface area contributed by atoms with Crippen molar-refractivity contribution < 1.29 is 28.2 Å². The molecule has 7 nitrogen and oxygen atoms in total. The fourth-order valence-corrected chi connectivity index (χ4v) is 4.90. The maximum absolute atomic E-state index is 12.8. The molecule has 5 aromatic rings. The molecule has 0 fully saturated rings. The van der Waals surface area contributed by atoms with Gasteiger partial charge < -0.3 is 28.7 Å². The fraction of sp³-hybridized carbons (Fsp3) is 0.237. The Labute approximate surface area is 264 Å². The number of hydrogen-bond acceptors (Lipinski definition) is 6. The Morgan fingerprint density at radius 1 is 0.667 bits per heavy atom. The first-order chi connectivity index (χ1) is 21.9. The van der Waals surface area contributed by atoms with E-state index in [9.17, 15) is 4.79 Å². The molecule has 0 atom stereocenters. The topological polar surface area (TPSA) is 79.2 Å². The number of carbonyl (C=O) groups excluding carboxylic acids is 1. The highest BCUT2D eigenvalue weighted by Crippen LogP contribution is 2.32. The van der Waals surface area contributed by atoms with E-state index in [1.807, 2.05) is 50.2 Å². The van der Waals surface area contributed by atoms with E-state index >= 15 is 0 Å². The third-order valence-electron chi connectivity index (χ3n) is 7.46. The van der Waals surface area contributed by atoms with Crippen LogP contribution in [0.1, 0.15) is 60.7 Å². The van der Waals surface area contributed by atoms with Gasteiger partial charge in [0.25, 0.3) is 5.91 Å². The minimum atomic E-state index is -0.347. The van der Waals surface area contributed by atoms with E-state index in [4.69, 9.17) is 23.4 Å². The average molecular weight is 606 g/mol. The van der Waals surface area contributed by atoms with Gasteiger partial charge in [-0.25, -0.2) is 0 Å². The van der Waals surface area contributed by atoms with Crippen molar-refractivity contribution in [2.45, 2.75) is 46.3 Å². The maximum Gasteiger partial charge on any atom is 0.291 e. The van der Waals surface area contributed by atoms with E-state index in [0.717, 1.165) is 11.3 Å². The van der Waals surface area contributed by atoms with Crippen LogP contribution in [0.2, 0.25) is 0 Å². The highest BCUT2D eigenvalue weighted by atomic mass is 16.5. The first-order valence-electron chi connectivity index (χ1n) is 15.2. The van der Waals surface area contributed by atoms with Gasteiger partial charge in [-0.3, -0.25) is 4.79 Å². The SMILES string of the molecule is CCOc1ccc(COc2ccc(NC(=O)c3ccc(COc4ccc(C(C)(C)c5ccccc5)cc4)o3)cc2)cc1OCC. The van der Waals surface area contributed by atoms with Crippen molar-refractivity contribution in [3.05, 3.63) is 137 Å². The van der Waals surface area contributed by atoms with Crippen LogP contribution in [0.15, 0.2) is 114 Å². The second-order valence-corrected chi connectivity index (χ2v) is 11.0. The number of carbonyl (C=O) groups is 1. The molecule has 0 aliphatic carbocycles. The van der Waals surface area contributed by atoms with Gasteiger partial charge in [0, 0.05) is 11.1 Å². The molecule has 0 unspecified atom stereocenters. The molecule has 4 aromatic carbocycles. The number of rotatable bonds is 14. The molecule has 1 aromatic heterocycles. The Bertz CT molecular complexity index is 1670. The molecule has 1 N–H and O–H groups in total. The largest absolute Gasteiger partial charge is 0.490 e. The number of anilines is 1. The van der Waals surface area contributed by atoms with Crippen LogP contribution in [0.3, 0.4) is 0 Å². The van der Waals surface area contributed by atoms with Crippen LogP contribution < -0.4 is 24.3 Å². The summed E-state index contributed by atoms with van der Waals surface area (Å²) in [5.41, 5.74) is 3.91. The minimum absolute atomic E-state index is 0.123. The molecule has 0 radical (unpaired) electrons. The summed E-state index contributed by atoms with van der Waals surface area (Å²) in [5, 5.41) is 2.86. The van der Waals surface area contributed by atoms with E-state index in [0.29, 0.717) is 48.5 Å². The second-order valence-electron chi connectivity index (χ2n) is 11.0. The van der Waals surface area contributed by atoms with Gasteiger partial charge in [0.05, 0.1) is 13.2 Å². The van der Waals surface area contributed by atoms with Gasteiger partial charge in [0.2, 0.25) is 0 Å². The van der Waals surface area contributed by atoms with Gasteiger partial charge in [-0.1, -0.05) is 62.4 Å². The van der Waals surface area contributed by atoms with Crippen LogP contribution in [0.5, 0.6) is 23.0 Å². The maximum atomic E-state index is 12.8. The zero-order valence-electron chi connectivity index (χ0n) is 26.2. The number of furan rings is 1. The summed E-state index contributed by atoms with van der Waals surface area (Å²) in [7, 11) is 0. The molecule has 0 bridgehead atoms. The lowest BCUT2D eigenvalue weighted by atomic mass is 9.78. The van der Waals surface area contributed by atoms with Gasteiger partial charge >= 0.3 is 0 Å². The summed E-state index contributed by atoms with van der Waals surface area (Å²) in [6.45, 7) is 9.99. The molecule has 1 heterocycles. The lowest BCUT2D eigenvalue weighted by Gasteiger charge is -2.26. The first kappa shape index (κ1) is 31.3. The van der Waals surface area contributed by atoms with E-state index in [1.165, 1.54) is 11.1 Å². The lowest BCUT2D eigenvalue weighted by Crippen LogP contribution is -2.18. The number of hydrogen-bond donors (Lipinski definition) is 1. The van der Waals surface area contributed by atoms with E-state index in [-0.39, 0.29) is 23.7 Å². The normalized spacial score (nSPS) is 11.1. The molecule has 0 saturated heterocycles. The zero-order chi connectivity index (χ0) is 31.6. The zero-order valence-corrected chi connectivity index (χ0v) is 26.2. The van der Waals surface area contributed by atoms with Crippen molar-refractivity contribution >= 4 is 11.6 Å². The molecule has 0 saturated carbocycles. The highest BCUT2D eigenvalue weighted by Gasteiger charge is 2.22. The molecule has 0 spiro atoms. The average Bonchev–Trinajstić information content (AvgIpc) is 3.55. The lowest BCUT2D eigenvalue weighted by molar-refractivity contribution is 0.0992. The van der Waals surface area contributed by atoms with E-state index in [1.54, 1.807) is 36.4 Å². The van der Waals surface area contributed by atoms with Crippen LogP contribution >= 0.6 is 0 Å². The van der Waals surface area contributed by atoms with Gasteiger partial charge in [-0.2, -0.15) is 0 Å². The smallest absolute Gasteiger partial charge is 0.291 e. The molecule has 1 amide bonds. The number of amides is 1. The number of ether oxygens (including phenoxy) is 4. The molecular weight excluding hydrogens is 566 g/mol. The number of nitrogens with one attached hydrogen (secondary N) is 1. The van der Waals surface area contributed by atoms with E-state index < -0.39 is 0 Å². The Kier molecular flexibility index (Phi) is 10.1. The van der Waals surface area contributed by atoms with Gasteiger partial charge in [-0.15, -0.1) is 0 Å². The molecule has 7 heteroatoms. The fourth-order valence-electron chi connectivity index (χ4n) is 4.90. The highest BCUT2D eigenvalue weighted by molar-refractivity contribution is 6.02. The molecule has 45 heavy (non-hydrogen) atoms. The van der Waals surface area contributed by atoms with E-state index in [2.05, 4.69) is 55.6 Å². The monoisotopic (exact) mass is 605 g/mol. The predicted molar refractivity (Wildman–Crippen MR) is 176 cm³/mol. The quantitative estimate of drug-likeness (QED) is 0.136. The van der Waals surface area contributed by atoms with Crippen molar-refractivity contribution in [3.8, 4) is 23.0 Å². The summed E-state index contributed by atoms with van der Waals surface area (Å²) < 4.78 is 28.9. The van der Waals surface area contributed by atoms with Crippen molar-refractivity contribution in [2.75, 3.05) is 18.5 Å². The Balaban J connectivity index is 1.11. The van der Waals surface area contributed by atoms with Crippen molar-refractivity contribution in [1.29, 1.82) is 0 Å². The Morgan fingerprint density at radius 3 is 1.98 bits per heavy atom. The summed E-state index contributed by atoms with van der Waals surface area (Å²) >= 11 is 0. The Hall–Kier alpha value is -5.17. The van der Waals surface area contributed by atoms with Crippen LogP contribution in [0.25, 0.3) is 0 Å². The molecule has 232 valence electrons. The van der Waals surface area contributed by atoms with Gasteiger partial charge in [0.15, 0.2) is 17.3 Å². The summed E-state index contributed by atoms with van der Waals surface area (Å²) in [4.78, 5) is 12.8. The second kappa shape index (κ2) is 14.5. The molecule has 0 aliphatic rings. The predicted octanol–water partition coefficient (Wildman–Crippen LogP) is 8.81. The van der Waals surface area contributed by atoms with Crippen LogP contribution in [-0.2, 0) is 18.6 Å². The third kappa shape index (κ3) is 8.06. The molecule has 0 aliphatic heterocycles. The van der Waals surface area contributed by atoms with Crippen LogP contribution in [0, 0.1) is 0 Å². The summed E-state index contributed by atoms with van der Waals surface area (Å²) in [6.07, 6.45) is 0. The summed E-state index contributed by atoms with van der Waals surface area (Å²) in [5.74, 6) is 3.23. The van der Waals surface area contributed by atoms with Crippen molar-refractivity contribution in [1.82, 2.24) is 0 Å².